The lowest BCUT2D eigenvalue weighted by Gasteiger charge is -2.37. The summed E-state index contributed by atoms with van der Waals surface area (Å²) in [4.78, 5) is 0. The molecule has 0 radical (unpaired) electrons. The van der Waals surface area contributed by atoms with Crippen molar-refractivity contribution in [3.63, 3.8) is 0 Å². The topological polar surface area (TPSA) is 32.3 Å². The zero-order valence-corrected chi connectivity index (χ0v) is 11.9. The SMILES string of the molecule is CC(NCC1(O)CCC1)c1ccc2c(c1)CCCC2. The summed E-state index contributed by atoms with van der Waals surface area (Å²) in [5, 5.41) is 13.6. The molecular weight excluding hydrogens is 234 g/mol. The number of hydrogen-bond donors (Lipinski definition) is 2. The highest BCUT2D eigenvalue weighted by atomic mass is 16.3. The van der Waals surface area contributed by atoms with E-state index in [0.29, 0.717) is 6.04 Å². The van der Waals surface area contributed by atoms with Crippen LogP contribution in [-0.4, -0.2) is 17.3 Å². The van der Waals surface area contributed by atoms with Gasteiger partial charge in [0.25, 0.3) is 0 Å². The number of benzene rings is 1. The molecule has 0 heterocycles. The third-order valence-electron chi connectivity index (χ3n) is 4.89. The van der Waals surface area contributed by atoms with E-state index in [1.54, 1.807) is 11.1 Å². The Morgan fingerprint density at radius 3 is 2.58 bits per heavy atom. The highest BCUT2D eigenvalue weighted by molar-refractivity contribution is 5.35. The summed E-state index contributed by atoms with van der Waals surface area (Å²) in [6.07, 6.45) is 8.24. The highest BCUT2D eigenvalue weighted by Crippen LogP contribution is 2.31. The number of hydrogen-bond acceptors (Lipinski definition) is 2. The van der Waals surface area contributed by atoms with Crippen LogP contribution in [0.3, 0.4) is 0 Å². The lowest BCUT2D eigenvalue weighted by atomic mass is 9.80. The van der Waals surface area contributed by atoms with Crippen LogP contribution >= 0.6 is 0 Å². The van der Waals surface area contributed by atoms with E-state index in [1.807, 2.05) is 0 Å². The maximum Gasteiger partial charge on any atom is 0.0771 e. The van der Waals surface area contributed by atoms with E-state index in [1.165, 1.54) is 37.7 Å². The fraction of sp³-hybridized carbons (Fsp3) is 0.647. The molecule has 1 saturated carbocycles. The van der Waals surface area contributed by atoms with Crippen molar-refractivity contribution in [2.45, 2.75) is 63.5 Å². The Bertz CT molecular complexity index is 451. The van der Waals surface area contributed by atoms with Crippen LogP contribution in [0.25, 0.3) is 0 Å². The van der Waals surface area contributed by atoms with Gasteiger partial charge in [-0.05, 0) is 68.6 Å². The zero-order valence-electron chi connectivity index (χ0n) is 11.9. The van der Waals surface area contributed by atoms with Gasteiger partial charge >= 0.3 is 0 Å². The van der Waals surface area contributed by atoms with Gasteiger partial charge in [0.1, 0.15) is 0 Å². The van der Waals surface area contributed by atoms with Gasteiger partial charge in [0.15, 0.2) is 0 Å². The molecule has 0 aliphatic heterocycles. The minimum absolute atomic E-state index is 0.330. The van der Waals surface area contributed by atoms with Crippen molar-refractivity contribution in [3.05, 3.63) is 34.9 Å². The van der Waals surface area contributed by atoms with E-state index in [4.69, 9.17) is 0 Å². The molecule has 2 aliphatic carbocycles. The lowest BCUT2D eigenvalue weighted by molar-refractivity contribution is -0.0329. The van der Waals surface area contributed by atoms with Crippen LogP contribution in [0, 0.1) is 0 Å². The van der Waals surface area contributed by atoms with Crippen molar-refractivity contribution in [3.8, 4) is 0 Å². The molecule has 19 heavy (non-hydrogen) atoms. The second kappa shape index (κ2) is 5.26. The Balaban J connectivity index is 1.64. The average Bonchev–Trinajstić information content (AvgIpc) is 2.42. The van der Waals surface area contributed by atoms with Crippen molar-refractivity contribution < 1.29 is 5.11 Å². The number of aliphatic hydroxyl groups is 1. The zero-order chi connectivity index (χ0) is 13.3. The summed E-state index contributed by atoms with van der Waals surface area (Å²) in [6.45, 7) is 2.93. The van der Waals surface area contributed by atoms with Crippen molar-refractivity contribution in [2.75, 3.05) is 6.54 Å². The van der Waals surface area contributed by atoms with Crippen molar-refractivity contribution in [1.82, 2.24) is 5.32 Å². The molecule has 2 aliphatic rings. The van der Waals surface area contributed by atoms with Crippen molar-refractivity contribution in [1.29, 1.82) is 0 Å². The number of nitrogens with one attached hydrogen (secondary N) is 1. The molecule has 2 nitrogen and oxygen atoms in total. The smallest absolute Gasteiger partial charge is 0.0771 e. The van der Waals surface area contributed by atoms with Crippen LogP contribution in [0.2, 0.25) is 0 Å². The van der Waals surface area contributed by atoms with E-state index >= 15 is 0 Å². The molecule has 0 aromatic heterocycles. The molecule has 2 N–H and O–H groups in total. The van der Waals surface area contributed by atoms with Crippen molar-refractivity contribution in [2.24, 2.45) is 0 Å². The summed E-state index contributed by atoms with van der Waals surface area (Å²) >= 11 is 0. The standard InChI is InChI=1S/C17H25NO/c1-13(18-12-17(19)9-4-10-17)15-8-7-14-5-2-3-6-16(14)11-15/h7-8,11,13,18-19H,2-6,9-10,12H2,1H3. The van der Waals surface area contributed by atoms with E-state index in [-0.39, 0.29) is 0 Å². The van der Waals surface area contributed by atoms with Crippen LogP contribution in [0.5, 0.6) is 0 Å². The lowest BCUT2D eigenvalue weighted by Crippen LogP contribution is -2.46. The minimum Gasteiger partial charge on any atom is -0.389 e. The van der Waals surface area contributed by atoms with Gasteiger partial charge in [0, 0.05) is 12.6 Å². The van der Waals surface area contributed by atoms with Gasteiger partial charge in [-0.1, -0.05) is 18.2 Å². The first kappa shape index (κ1) is 13.1. The van der Waals surface area contributed by atoms with Gasteiger partial charge in [0.2, 0.25) is 0 Å². The van der Waals surface area contributed by atoms with Gasteiger partial charge in [-0.25, -0.2) is 0 Å². The summed E-state index contributed by atoms with van der Waals surface area (Å²) < 4.78 is 0. The monoisotopic (exact) mass is 259 g/mol. The molecule has 1 unspecified atom stereocenters. The fourth-order valence-corrected chi connectivity index (χ4v) is 3.25. The maximum atomic E-state index is 10.1. The Kier molecular flexibility index (Phi) is 3.64. The van der Waals surface area contributed by atoms with Gasteiger partial charge in [-0.3, -0.25) is 0 Å². The molecule has 0 bridgehead atoms. The van der Waals surface area contributed by atoms with Gasteiger partial charge in [0.05, 0.1) is 5.60 Å². The molecule has 0 spiro atoms. The summed E-state index contributed by atoms with van der Waals surface area (Å²) in [7, 11) is 0. The summed E-state index contributed by atoms with van der Waals surface area (Å²) in [5.74, 6) is 0. The van der Waals surface area contributed by atoms with Gasteiger partial charge in [-0.15, -0.1) is 0 Å². The quantitative estimate of drug-likeness (QED) is 0.870. The van der Waals surface area contributed by atoms with Gasteiger partial charge < -0.3 is 10.4 Å². The third kappa shape index (κ3) is 2.85. The first-order chi connectivity index (χ1) is 9.16. The Labute approximate surface area is 116 Å². The molecule has 1 aromatic carbocycles. The molecule has 104 valence electrons. The maximum absolute atomic E-state index is 10.1. The molecule has 1 fully saturated rings. The summed E-state index contributed by atoms with van der Waals surface area (Å²) in [6, 6.07) is 7.26. The Hall–Kier alpha value is -0.860. The number of fused-ring (bicyclic) bond motifs is 1. The van der Waals surface area contributed by atoms with Crippen LogP contribution in [0.1, 0.15) is 61.8 Å². The Morgan fingerprint density at radius 1 is 1.16 bits per heavy atom. The molecule has 2 heteroatoms. The molecule has 0 saturated heterocycles. The fourth-order valence-electron chi connectivity index (χ4n) is 3.25. The van der Waals surface area contributed by atoms with E-state index in [0.717, 1.165) is 19.4 Å². The van der Waals surface area contributed by atoms with E-state index < -0.39 is 5.60 Å². The normalized spacial score (nSPS) is 22.4. The van der Waals surface area contributed by atoms with Crippen LogP contribution < -0.4 is 5.32 Å². The molecular formula is C17H25NO. The molecule has 3 rings (SSSR count). The highest BCUT2D eigenvalue weighted by Gasteiger charge is 2.34. The predicted octanol–water partition coefficient (Wildman–Crippen LogP) is 3.13. The Morgan fingerprint density at radius 2 is 1.89 bits per heavy atom. The first-order valence-corrected chi connectivity index (χ1v) is 7.74. The first-order valence-electron chi connectivity index (χ1n) is 7.74. The minimum atomic E-state index is -0.428. The van der Waals surface area contributed by atoms with Gasteiger partial charge in [-0.2, -0.15) is 0 Å². The van der Waals surface area contributed by atoms with E-state index in [9.17, 15) is 5.11 Å². The second-order valence-corrected chi connectivity index (χ2v) is 6.42. The van der Waals surface area contributed by atoms with Crippen LogP contribution in [0.15, 0.2) is 18.2 Å². The number of rotatable bonds is 4. The van der Waals surface area contributed by atoms with Crippen LogP contribution in [0.4, 0.5) is 0 Å². The van der Waals surface area contributed by atoms with Crippen LogP contribution in [-0.2, 0) is 12.8 Å². The molecule has 1 aromatic rings. The third-order valence-corrected chi connectivity index (χ3v) is 4.89. The average molecular weight is 259 g/mol. The largest absolute Gasteiger partial charge is 0.389 e. The predicted molar refractivity (Wildman–Crippen MR) is 78.3 cm³/mol. The van der Waals surface area contributed by atoms with E-state index in [2.05, 4.69) is 30.4 Å². The van der Waals surface area contributed by atoms with Crippen molar-refractivity contribution >= 4 is 0 Å². The summed E-state index contributed by atoms with van der Waals surface area (Å²) in [5.41, 5.74) is 4.02. The second-order valence-electron chi connectivity index (χ2n) is 6.42. The molecule has 1 atom stereocenters. The molecule has 0 amide bonds. The number of aryl methyl sites for hydroxylation is 2.